The van der Waals surface area contributed by atoms with Crippen molar-refractivity contribution in [1.29, 1.82) is 0 Å². The maximum atomic E-state index is 5.56. The summed E-state index contributed by atoms with van der Waals surface area (Å²) in [6.45, 7) is 2.58. The highest BCUT2D eigenvalue weighted by molar-refractivity contribution is 9.10. The average molecular weight is 292 g/mol. The molecule has 88 valence electrons. The van der Waals surface area contributed by atoms with Crippen LogP contribution in [0, 0.1) is 6.92 Å². The molecule has 0 saturated heterocycles. The number of rotatable bonds is 3. The minimum absolute atomic E-state index is 0.603. The van der Waals surface area contributed by atoms with E-state index in [1.807, 2.05) is 37.3 Å². The van der Waals surface area contributed by atoms with Crippen LogP contribution in [0.5, 0.6) is 0 Å². The van der Waals surface area contributed by atoms with E-state index in [1.165, 1.54) is 0 Å². The van der Waals surface area contributed by atoms with Crippen LogP contribution in [0.25, 0.3) is 11.4 Å². The van der Waals surface area contributed by atoms with Crippen molar-refractivity contribution in [2.75, 3.05) is 6.54 Å². The van der Waals surface area contributed by atoms with Gasteiger partial charge in [-0.3, -0.25) is 0 Å². The van der Waals surface area contributed by atoms with Gasteiger partial charge in [-0.05, 0) is 25.6 Å². The topological polar surface area (TPSA) is 51.8 Å². The summed E-state index contributed by atoms with van der Waals surface area (Å²) in [6.07, 6.45) is 0.779. The second kappa shape index (κ2) is 5.38. The van der Waals surface area contributed by atoms with Crippen LogP contribution in [0.4, 0.5) is 0 Å². The molecule has 0 aliphatic rings. The van der Waals surface area contributed by atoms with E-state index in [9.17, 15) is 0 Å². The van der Waals surface area contributed by atoms with Crippen LogP contribution < -0.4 is 5.73 Å². The summed E-state index contributed by atoms with van der Waals surface area (Å²) in [7, 11) is 0. The smallest absolute Gasteiger partial charge is 0.160 e. The highest BCUT2D eigenvalue weighted by Crippen LogP contribution is 2.25. The number of nitrogens with zero attached hydrogens (tertiary/aromatic N) is 2. The van der Waals surface area contributed by atoms with Crippen molar-refractivity contribution >= 4 is 15.9 Å². The number of hydrogen-bond donors (Lipinski definition) is 1. The van der Waals surface area contributed by atoms with Crippen molar-refractivity contribution < 1.29 is 0 Å². The fourth-order valence-electron chi connectivity index (χ4n) is 1.67. The normalized spacial score (nSPS) is 10.5. The molecule has 17 heavy (non-hydrogen) atoms. The predicted molar refractivity (Wildman–Crippen MR) is 72.7 cm³/mol. The summed E-state index contributed by atoms with van der Waals surface area (Å²) < 4.78 is 1.00. The van der Waals surface area contributed by atoms with Crippen LogP contribution in [-0.4, -0.2) is 16.5 Å². The Hall–Kier alpha value is -1.26. The fourth-order valence-corrected chi connectivity index (χ4v) is 2.13. The van der Waals surface area contributed by atoms with Crippen LogP contribution in [0.2, 0.25) is 0 Å². The average Bonchev–Trinajstić information content (AvgIpc) is 2.29. The molecule has 4 heteroatoms. The predicted octanol–water partition coefficient (Wildman–Crippen LogP) is 2.72. The monoisotopic (exact) mass is 291 g/mol. The summed E-state index contributed by atoms with van der Waals surface area (Å²) in [5.74, 6) is 0.751. The summed E-state index contributed by atoms with van der Waals surface area (Å²) in [5.41, 5.74) is 8.53. The molecule has 0 radical (unpaired) electrons. The maximum absolute atomic E-state index is 5.56. The Kier molecular flexibility index (Phi) is 3.86. The van der Waals surface area contributed by atoms with E-state index in [4.69, 9.17) is 5.73 Å². The van der Waals surface area contributed by atoms with Crippen molar-refractivity contribution in [2.24, 2.45) is 5.73 Å². The summed E-state index contributed by atoms with van der Waals surface area (Å²) in [6, 6.07) is 9.93. The molecule has 1 aromatic heterocycles. The van der Waals surface area contributed by atoms with E-state index in [0.717, 1.165) is 33.7 Å². The molecule has 0 amide bonds. The molecule has 0 bridgehead atoms. The van der Waals surface area contributed by atoms with E-state index < -0.39 is 0 Å². The fraction of sp³-hybridized carbons (Fsp3) is 0.231. The van der Waals surface area contributed by atoms with Gasteiger partial charge in [-0.15, -0.1) is 0 Å². The third-order valence-corrected chi connectivity index (χ3v) is 3.11. The van der Waals surface area contributed by atoms with E-state index in [2.05, 4.69) is 25.9 Å². The first-order valence-electron chi connectivity index (χ1n) is 5.50. The molecule has 1 heterocycles. The van der Waals surface area contributed by atoms with Gasteiger partial charge in [-0.2, -0.15) is 0 Å². The number of benzene rings is 1. The van der Waals surface area contributed by atoms with Crippen LogP contribution in [0.3, 0.4) is 0 Å². The van der Waals surface area contributed by atoms with Crippen LogP contribution in [-0.2, 0) is 6.42 Å². The number of aromatic nitrogens is 2. The molecule has 2 N–H and O–H groups in total. The van der Waals surface area contributed by atoms with Crippen molar-refractivity contribution in [3.05, 3.63) is 46.2 Å². The number of halogens is 1. The summed E-state index contributed by atoms with van der Waals surface area (Å²) in [5, 5.41) is 0. The molecule has 0 atom stereocenters. The van der Waals surface area contributed by atoms with E-state index in [1.54, 1.807) is 0 Å². The van der Waals surface area contributed by atoms with Crippen molar-refractivity contribution in [2.45, 2.75) is 13.3 Å². The van der Waals surface area contributed by atoms with Crippen LogP contribution in [0.15, 0.2) is 34.8 Å². The van der Waals surface area contributed by atoms with Gasteiger partial charge in [0.2, 0.25) is 0 Å². The SMILES string of the molecule is Cc1cc(CCN)nc(-c2ccccc2Br)n1. The van der Waals surface area contributed by atoms with E-state index >= 15 is 0 Å². The first-order chi connectivity index (χ1) is 8.20. The standard InChI is InChI=1S/C13H14BrN3/c1-9-8-10(6-7-15)17-13(16-9)11-4-2-3-5-12(11)14/h2-5,8H,6-7,15H2,1H3. The minimum atomic E-state index is 0.603. The Bertz CT molecular complexity index is 526. The lowest BCUT2D eigenvalue weighted by Crippen LogP contribution is -2.06. The molecule has 0 saturated carbocycles. The van der Waals surface area contributed by atoms with Gasteiger partial charge in [0, 0.05) is 27.8 Å². The van der Waals surface area contributed by atoms with Gasteiger partial charge in [0.25, 0.3) is 0 Å². The first-order valence-corrected chi connectivity index (χ1v) is 6.29. The molecule has 2 rings (SSSR count). The highest BCUT2D eigenvalue weighted by Gasteiger charge is 2.07. The lowest BCUT2D eigenvalue weighted by Gasteiger charge is -2.06. The largest absolute Gasteiger partial charge is 0.330 e. The third-order valence-electron chi connectivity index (χ3n) is 2.42. The number of aryl methyl sites for hydroxylation is 1. The number of nitrogens with two attached hydrogens (primary N) is 1. The molecule has 3 nitrogen and oxygen atoms in total. The number of hydrogen-bond acceptors (Lipinski definition) is 3. The molecule has 0 spiro atoms. The van der Waals surface area contributed by atoms with E-state index in [0.29, 0.717) is 6.54 Å². The zero-order valence-corrected chi connectivity index (χ0v) is 11.2. The molecule has 0 fully saturated rings. The van der Waals surface area contributed by atoms with Crippen molar-refractivity contribution in [3.8, 4) is 11.4 Å². The van der Waals surface area contributed by atoms with Gasteiger partial charge in [-0.25, -0.2) is 9.97 Å². The maximum Gasteiger partial charge on any atom is 0.160 e. The van der Waals surface area contributed by atoms with Gasteiger partial charge < -0.3 is 5.73 Å². The van der Waals surface area contributed by atoms with E-state index in [-0.39, 0.29) is 0 Å². The highest BCUT2D eigenvalue weighted by atomic mass is 79.9. The zero-order valence-electron chi connectivity index (χ0n) is 9.65. The Balaban J connectivity index is 2.48. The molecule has 0 unspecified atom stereocenters. The third kappa shape index (κ3) is 2.90. The van der Waals surface area contributed by atoms with Gasteiger partial charge in [0.15, 0.2) is 5.82 Å². The Morgan fingerprint density at radius 2 is 2.00 bits per heavy atom. The Labute approximate surface area is 109 Å². The second-order valence-corrected chi connectivity index (χ2v) is 4.70. The summed E-state index contributed by atoms with van der Waals surface area (Å²) >= 11 is 3.52. The molecule has 1 aromatic carbocycles. The Morgan fingerprint density at radius 1 is 1.24 bits per heavy atom. The molecular formula is C13H14BrN3. The molecule has 2 aromatic rings. The summed E-state index contributed by atoms with van der Waals surface area (Å²) in [4.78, 5) is 9.00. The Morgan fingerprint density at radius 3 is 2.71 bits per heavy atom. The van der Waals surface area contributed by atoms with Gasteiger partial charge >= 0.3 is 0 Å². The minimum Gasteiger partial charge on any atom is -0.330 e. The quantitative estimate of drug-likeness (QED) is 0.946. The molecular weight excluding hydrogens is 278 g/mol. The van der Waals surface area contributed by atoms with Gasteiger partial charge in [0.1, 0.15) is 0 Å². The zero-order chi connectivity index (χ0) is 12.3. The van der Waals surface area contributed by atoms with Crippen molar-refractivity contribution in [3.63, 3.8) is 0 Å². The lowest BCUT2D eigenvalue weighted by atomic mass is 10.2. The van der Waals surface area contributed by atoms with Gasteiger partial charge in [-0.1, -0.05) is 34.1 Å². The van der Waals surface area contributed by atoms with Crippen LogP contribution in [0.1, 0.15) is 11.4 Å². The second-order valence-electron chi connectivity index (χ2n) is 3.84. The van der Waals surface area contributed by atoms with Gasteiger partial charge in [0.05, 0.1) is 0 Å². The molecule has 0 aliphatic carbocycles. The first kappa shape index (κ1) is 12.2. The molecule has 0 aliphatic heterocycles. The lowest BCUT2D eigenvalue weighted by molar-refractivity contribution is 0.904. The van der Waals surface area contributed by atoms with Crippen molar-refractivity contribution in [1.82, 2.24) is 9.97 Å². The van der Waals surface area contributed by atoms with Crippen LogP contribution >= 0.6 is 15.9 Å².